The van der Waals surface area contributed by atoms with E-state index in [-0.39, 0.29) is 5.03 Å². The number of rotatable bonds is 7. The Bertz CT molecular complexity index is 478. The Hall–Kier alpha value is -0.550. The maximum Gasteiger partial charge on any atom is 0.280 e. The molecule has 6 heteroatoms. The summed E-state index contributed by atoms with van der Waals surface area (Å²) in [5, 5.41) is -0.0291. The maximum atomic E-state index is 11.3. The van der Waals surface area contributed by atoms with Gasteiger partial charge in [0.15, 0.2) is 5.03 Å². The summed E-state index contributed by atoms with van der Waals surface area (Å²) >= 11 is 0. The number of aromatic nitrogens is 2. The molecule has 0 aliphatic heterocycles. The highest BCUT2D eigenvalue weighted by atomic mass is 35.7. The number of imidazole rings is 1. The summed E-state index contributed by atoms with van der Waals surface area (Å²) in [6.07, 6.45) is 5.41. The molecule has 0 radical (unpaired) electrons. The average Bonchev–Trinajstić information content (AvgIpc) is 2.69. The van der Waals surface area contributed by atoms with Crippen LogP contribution in [-0.4, -0.2) is 18.0 Å². The first-order valence-electron chi connectivity index (χ1n) is 6.43. The molecule has 4 nitrogen and oxygen atoms in total. The summed E-state index contributed by atoms with van der Waals surface area (Å²) in [4.78, 5) is 4.14. The van der Waals surface area contributed by atoms with Gasteiger partial charge in [-0.25, -0.2) is 13.4 Å². The molecule has 1 aromatic rings. The van der Waals surface area contributed by atoms with Gasteiger partial charge in [0, 0.05) is 29.8 Å². The van der Waals surface area contributed by atoms with Crippen molar-refractivity contribution in [3.8, 4) is 0 Å². The van der Waals surface area contributed by atoms with E-state index in [9.17, 15) is 8.42 Å². The molecule has 0 aromatic carbocycles. The van der Waals surface area contributed by atoms with Crippen LogP contribution in [0.1, 0.15) is 45.9 Å². The molecule has 1 aromatic heterocycles. The van der Waals surface area contributed by atoms with Gasteiger partial charge in [-0.3, -0.25) is 0 Å². The molecule has 0 bridgehead atoms. The van der Waals surface area contributed by atoms with Crippen LogP contribution in [0.15, 0.2) is 11.2 Å². The smallest absolute Gasteiger partial charge is 0.280 e. The average molecular weight is 293 g/mol. The van der Waals surface area contributed by atoms with Gasteiger partial charge in [-0.05, 0) is 12.3 Å². The number of hydrogen-bond donors (Lipinski definition) is 0. The van der Waals surface area contributed by atoms with Crippen molar-refractivity contribution in [1.29, 1.82) is 0 Å². The van der Waals surface area contributed by atoms with Crippen LogP contribution in [0.5, 0.6) is 0 Å². The van der Waals surface area contributed by atoms with Gasteiger partial charge in [0.2, 0.25) is 0 Å². The number of hydrogen-bond acceptors (Lipinski definition) is 3. The number of nitrogens with zero attached hydrogens (tertiary/aromatic N) is 2. The Morgan fingerprint density at radius 2 is 1.94 bits per heavy atom. The van der Waals surface area contributed by atoms with E-state index >= 15 is 0 Å². The zero-order valence-electron chi connectivity index (χ0n) is 11.2. The first kappa shape index (κ1) is 15.5. The molecule has 0 spiro atoms. The first-order valence-corrected chi connectivity index (χ1v) is 8.73. The quantitative estimate of drug-likeness (QED) is 0.725. The molecule has 0 saturated carbocycles. The van der Waals surface area contributed by atoms with Gasteiger partial charge in [0.25, 0.3) is 9.05 Å². The second kappa shape index (κ2) is 6.57. The molecule has 1 heterocycles. The van der Waals surface area contributed by atoms with Gasteiger partial charge in [0.1, 0.15) is 5.82 Å². The highest BCUT2D eigenvalue weighted by molar-refractivity contribution is 8.13. The molecule has 0 aliphatic carbocycles. The zero-order valence-corrected chi connectivity index (χ0v) is 12.8. The summed E-state index contributed by atoms with van der Waals surface area (Å²) in [7, 11) is 1.61. The number of halogens is 1. The Morgan fingerprint density at radius 1 is 1.33 bits per heavy atom. The van der Waals surface area contributed by atoms with Gasteiger partial charge >= 0.3 is 0 Å². The van der Waals surface area contributed by atoms with E-state index in [0.717, 1.165) is 38.1 Å². The maximum absolute atomic E-state index is 11.3. The van der Waals surface area contributed by atoms with Crippen molar-refractivity contribution >= 4 is 19.7 Å². The van der Waals surface area contributed by atoms with E-state index in [1.54, 1.807) is 6.20 Å². The topological polar surface area (TPSA) is 52.0 Å². The third-order valence-electron chi connectivity index (χ3n) is 3.17. The number of aryl methyl sites for hydroxylation is 1. The van der Waals surface area contributed by atoms with Crippen molar-refractivity contribution in [1.82, 2.24) is 9.55 Å². The molecule has 18 heavy (non-hydrogen) atoms. The standard InChI is InChI=1S/C12H21ClN2O2S/c1-4-7-11-14-12(18(13,16)17)9-15(11)8-10(5-2)6-3/h9-10H,4-8H2,1-3H3. The summed E-state index contributed by atoms with van der Waals surface area (Å²) in [5.74, 6) is 1.35. The van der Waals surface area contributed by atoms with E-state index in [0.29, 0.717) is 5.92 Å². The molecule has 104 valence electrons. The van der Waals surface area contributed by atoms with Crippen molar-refractivity contribution in [3.63, 3.8) is 0 Å². The van der Waals surface area contributed by atoms with Crippen LogP contribution in [0.2, 0.25) is 0 Å². The molecule has 0 amide bonds. The van der Waals surface area contributed by atoms with Crippen LogP contribution in [0.4, 0.5) is 0 Å². The van der Waals surface area contributed by atoms with E-state index in [1.165, 1.54) is 0 Å². The summed E-state index contributed by atoms with van der Waals surface area (Å²) in [6.45, 7) is 7.14. The Kier molecular flexibility index (Phi) is 5.66. The van der Waals surface area contributed by atoms with Gasteiger partial charge in [-0.15, -0.1) is 0 Å². The molecular formula is C12H21ClN2O2S. The van der Waals surface area contributed by atoms with Gasteiger partial charge in [-0.2, -0.15) is 0 Å². The SMILES string of the molecule is CCCc1nc(S(=O)(=O)Cl)cn1CC(CC)CC. The summed E-state index contributed by atoms with van der Waals surface area (Å²) in [6, 6.07) is 0. The third-order valence-corrected chi connectivity index (χ3v) is 4.34. The molecule has 0 N–H and O–H groups in total. The lowest BCUT2D eigenvalue weighted by Crippen LogP contribution is -2.11. The van der Waals surface area contributed by atoms with Crippen molar-refractivity contribution in [2.75, 3.05) is 0 Å². The minimum Gasteiger partial charge on any atom is -0.333 e. The summed E-state index contributed by atoms with van der Waals surface area (Å²) < 4.78 is 24.6. The lowest BCUT2D eigenvalue weighted by atomic mass is 10.0. The fourth-order valence-electron chi connectivity index (χ4n) is 1.95. The summed E-state index contributed by atoms with van der Waals surface area (Å²) in [5.41, 5.74) is 0. The fourth-order valence-corrected chi connectivity index (χ4v) is 2.64. The van der Waals surface area contributed by atoms with Gasteiger partial charge < -0.3 is 4.57 Å². The molecule has 0 saturated heterocycles. The van der Waals surface area contributed by atoms with Crippen molar-refractivity contribution in [2.24, 2.45) is 5.92 Å². The Labute approximate surface area is 114 Å². The zero-order chi connectivity index (χ0) is 13.8. The van der Waals surface area contributed by atoms with Crippen LogP contribution < -0.4 is 0 Å². The van der Waals surface area contributed by atoms with Crippen LogP contribution in [0.3, 0.4) is 0 Å². The second-order valence-corrected chi connectivity index (χ2v) is 7.03. The van der Waals surface area contributed by atoms with Crippen molar-refractivity contribution in [2.45, 2.75) is 58.0 Å². The van der Waals surface area contributed by atoms with Crippen LogP contribution >= 0.6 is 10.7 Å². The van der Waals surface area contributed by atoms with Gasteiger partial charge in [0.05, 0.1) is 0 Å². The van der Waals surface area contributed by atoms with Crippen LogP contribution in [0, 0.1) is 5.92 Å². The molecular weight excluding hydrogens is 272 g/mol. The minimum atomic E-state index is -3.73. The first-order chi connectivity index (χ1) is 8.42. The van der Waals surface area contributed by atoms with Crippen LogP contribution in [-0.2, 0) is 22.0 Å². The molecule has 0 atom stereocenters. The third kappa shape index (κ3) is 3.99. The largest absolute Gasteiger partial charge is 0.333 e. The normalized spacial score (nSPS) is 12.3. The molecule has 1 rings (SSSR count). The predicted octanol–water partition coefficient (Wildman–Crippen LogP) is 3.20. The molecule has 0 fully saturated rings. The van der Waals surface area contributed by atoms with Crippen LogP contribution in [0.25, 0.3) is 0 Å². The van der Waals surface area contributed by atoms with E-state index < -0.39 is 9.05 Å². The van der Waals surface area contributed by atoms with Crippen molar-refractivity contribution in [3.05, 3.63) is 12.0 Å². The molecule has 0 aliphatic rings. The van der Waals surface area contributed by atoms with Gasteiger partial charge in [-0.1, -0.05) is 33.6 Å². The Balaban J connectivity index is 3.04. The lowest BCUT2D eigenvalue weighted by Gasteiger charge is -2.14. The van der Waals surface area contributed by atoms with E-state index in [1.807, 2.05) is 11.5 Å². The fraction of sp³-hybridized carbons (Fsp3) is 0.750. The second-order valence-electron chi connectivity index (χ2n) is 4.52. The Morgan fingerprint density at radius 3 is 2.39 bits per heavy atom. The molecule has 0 unspecified atom stereocenters. The highest BCUT2D eigenvalue weighted by Gasteiger charge is 2.18. The predicted molar refractivity (Wildman–Crippen MR) is 73.3 cm³/mol. The minimum absolute atomic E-state index is 0.0291. The van der Waals surface area contributed by atoms with E-state index in [2.05, 4.69) is 18.8 Å². The monoisotopic (exact) mass is 292 g/mol. The lowest BCUT2D eigenvalue weighted by molar-refractivity contribution is 0.410. The highest BCUT2D eigenvalue weighted by Crippen LogP contribution is 2.19. The van der Waals surface area contributed by atoms with E-state index in [4.69, 9.17) is 10.7 Å². The van der Waals surface area contributed by atoms with Crippen molar-refractivity contribution < 1.29 is 8.42 Å².